The van der Waals surface area contributed by atoms with Gasteiger partial charge >= 0.3 is 12.1 Å². The lowest BCUT2D eigenvalue weighted by molar-refractivity contribution is -0.139. The number of rotatable bonds is 6. The van der Waals surface area contributed by atoms with E-state index in [1.54, 1.807) is 19.1 Å². The van der Waals surface area contributed by atoms with Crippen molar-refractivity contribution >= 4 is 28.6 Å². The molecule has 1 aromatic rings. The van der Waals surface area contributed by atoms with E-state index in [-0.39, 0.29) is 10.0 Å². The van der Waals surface area contributed by atoms with Crippen molar-refractivity contribution < 1.29 is 32.5 Å². The molecular weight excluding hydrogens is 476 g/mol. The van der Waals surface area contributed by atoms with Crippen LogP contribution in [0.2, 0.25) is 0 Å². The molecule has 0 heterocycles. The van der Waals surface area contributed by atoms with Crippen molar-refractivity contribution in [2.24, 2.45) is 5.92 Å². The molecule has 0 radical (unpaired) electrons. The second-order valence-electron chi connectivity index (χ2n) is 6.53. The van der Waals surface area contributed by atoms with Gasteiger partial charge in [0.05, 0.1) is 9.49 Å². The van der Waals surface area contributed by atoms with Crippen molar-refractivity contribution in [2.75, 3.05) is 0 Å². The zero-order valence-corrected chi connectivity index (χ0v) is 16.5. The average molecular weight is 494 g/mol. The van der Waals surface area contributed by atoms with Gasteiger partial charge in [0.15, 0.2) is 0 Å². The topological polar surface area (TPSA) is 55.8 Å². The van der Waals surface area contributed by atoms with Crippen LogP contribution in [0.1, 0.15) is 37.0 Å². The lowest BCUT2D eigenvalue weighted by Crippen LogP contribution is -2.09. The Morgan fingerprint density at radius 3 is 2.74 bits per heavy atom. The molecule has 8 heteroatoms. The first-order chi connectivity index (χ1) is 12.7. The molecule has 4 atom stereocenters. The summed E-state index contributed by atoms with van der Waals surface area (Å²) in [7, 11) is 0. The molecular formula is C19H18F3IO4. The lowest BCUT2D eigenvalue weighted by atomic mass is 10.1. The number of benzene rings is 1. The van der Waals surface area contributed by atoms with E-state index < -0.39 is 29.7 Å². The molecule has 4 nitrogen and oxygen atoms in total. The van der Waals surface area contributed by atoms with E-state index in [1.807, 2.05) is 6.08 Å². The van der Waals surface area contributed by atoms with Gasteiger partial charge in [0, 0.05) is 12.5 Å². The molecule has 1 saturated carbocycles. The molecule has 0 amide bonds. The van der Waals surface area contributed by atoms with E-state index in [4.69, 9.17) is 14.6 Å². The van der Waals surface area contributed by atoms with Crippen molar-refractivity contribution in [1.29, 1.82) is 0 Å². The number of ether oxygens (including phenoxy) is 2. The van der Waals surface area contributed by atoms with E-state index in [2.05, 4.69) is 22.6 Å². The summed E-state index contributed by atoms with van der Waals surface area (Å²) in [6.45, 7) is 1.68. The third kappa shape index (κ3) is 4.77. The Morgan fingerprint density at radius 2 is 2.11 bits per heavy atom. The van der Waals surface area contributed by atoms with Crippen LogP contribution in [-0.4, -0.2) is 21.1 Å². The van der Waals surface area contributed by atoms with Crippen LogP contribution in [0, 0.1) is 5.92 Å². The maximum atomic E-state index is 12.9. The summed E-state index contributed by atoms with van der Waals surface area (Å²) in [5.74, 6) is -0.232. The highest BCUT2D eigenvalue weighted by molar-refractivity contribution is 14.1. The van der Waals surface area contributed by atoms with Gasteiger partial charge in [0.1, 0.15) is 29.6 Å². The second-order valence-corrected chi connectivity index (χ2v) is 7.97. The van der Waals surface area contributed by atoms with Crippen molar-refractivity contribution in [1.82, 2.24) is 0 Å². The molecule has 3 rings (SSSR count). The van der Waals surface area contributed by atoms with Gasteiger partial charge in [-0.1, -0.05) is 34.7 Å². The molecule has 0 aliphatic heterocycles. The van der Waals surface area contributed by atoms with Gasteiger partial charge in [-0.2, -0.15) is 13.2 Å². The fourth-order valence-corrected chi connectivity index (χ4v) is 3.97. The second kappa shape index (κ2) is 7.73. The molecule has 27 heavy (non-hydrogen) atoms. The Labute approximate surface area is 168 Å². The van der Waals surface area contributed by atoms with Crippen LogP contribution in [-0.2, 0) is 20.4 Å². The minimum absolute atomic E-state index is 0.0692. The number of carbonyl (C=O) groups is 1. The number of aliphatic carboxylic acids is 1. The number of halogens is 4. The first kappa shape index (κ1) is 20.0. The Kier molecular flexibility index (Phi) is 5.73. The van der Waals surface area contributed by atoms with Gasteiger partial charge in [0.25, 0.3) is 0 Å². The number of hydrogen-bond donors (Lipinski definition) is 1. The molecule has 146 valence electrons. The number of hydrogen-bond acceptors (Lipinski definition) is 3. The summed E-state index contributed by atoms with van der Waals surface area (Å²) in [5, 5.41) is 9.08. The summed E-state index contributed by atoms with van der Waals surface area (Å²) >= 11 is 2.06. The minimum atomic E-state index is -4.40. The number of allylic oxidation sites excluding steroid dienone is 3. The van der Waals surface area contributed by atoms with Crippen molar-refractivity contribution in [2.45, 2.75) is 42.1 Å². The van der Waals surface area contributed by atoms with Crippen LogP contribution >= 0.6 is 22.6 Å². The van der Waals surface area contributed by atoms with Crippen LogP contribution in [0.5, 0.6) is 0 Å². The van der Waals surface area contributed by atoms with E-state index in [0.29, 0.717) is 29.9 Å². The number of carboxylic acids is 1. The Bertz CT molecular complexity index is 787. The van der Waals surface area contributed by atoms with Crippen LogP contribution in [0.3, 0.4) is 0 Å². The molecule has 0 saturated heterocycles. The molecule has 1 fully saturated rings. The lowest BCUT2D eigenvalue weighted by Gasteiger charge is -2.20. The van der Waals surface area contributed by atoms with Gasteiger partial charge in [-0.05, 0) is 37.1 Å². The fraction of sp³-hybridized carbons (Fsp3) is 0.421. The SMILES string of the molecule is CC(OC1=CCCC(O[C@@H]2[C@H](I)[C@H]2C(=O)O)=C1)c1cccc(C(F)(F)F)c1. The van der Waals surface area contributed by atoms with Crippen LogP contribution in [0.4, 0.5) is 13.2 Å². The van der Waals surface area contributed by atoms with E-state index in [1.165, 1.54) is 6.07 Å². The fourth-order valence-electron chi connectivity index (χ4n) is 2.90. The molecule has 2 aliphatic carbocycles. The smallest absolute Gasteiger partial charge is 0.416 e. The average Bonchev–Trinajstić information content (AvgIpc) is 3.24. The number of carboxylic acid groups (broad SMARTS) is 1. The maximum absolute atomic E-state index is 12.9. The molecule has 2 aliphatic rings. The standard InChI is InChI=1S/C19H18F3IO4/c1-10(11-4-2-5-12(8-11)19(20,21)22)26-13-6-3-7-14(9-13)27-17-15(16(17)23)18(24)25/h2,4-6,8-10,15-17H,3,7H2,1H3,(H,24,25)/t10?,15-,16-,17+/m1/s1. The first-order valence-electron chi connectivity index (χ1n) is 8.45. The monoisotopic (exact) mass is 494 g/mol. The summed E-state index contributed by atoms with van der Waals surface area (Å²) in [5.41, 5.74) is -0.290. The highest BCUT2D eigenvalue weighted by Crippen LogP contribution is 2.44. The maximum Gasteiger partial charge on any atom is 0.416 e. The predicted molar refractivity (Wildman–Crippen MR) is 100 cm³/mol. The molecule has 1 aromatic carbocycles. The molecule has 0 spiro atoms. The molecule has 1 unspecified atom stereocenters. The minimum Gasteiger partial charge on any atom is -0.493 e. The third-order valence-electron chi connectivity index (χ3n) is 4.48. The highest BCUT2D eigenvalue weighted by atomic mass is 127. The van der Waals surface area contributed by atoms with Crippen LogP contribution < -0.4 is 0 Å². The van der Waals surface area contributed by atoms with Crippen molar-refractivity contribution in [3.8, 4) is 0 Å². The van der Waals surface area contributed by atoms with E-state index >= 15 is 0 Å². The van der Waals surface area contributed by atoms with Gasteiger partial charge < -0.3 is 14.6 Å². The predicted octanol–water partition coefficient (Wildman–Crippen LogP) is 5.25. The van der Waals surface area contributed by atoms with Crippen LogP contribution in [0.25, 0.3) is 0 Å². The normalized spacial score (nSPS) is 25.9. The van der Waals surface area contributed by atoms with Crippen molar-refractivity contribution in [3.63, 3.8) is 0 Å². The van der Waals surface area contributed by atoms with Gasteiger partial charge in [-0.3, -0.25) is 4.79 Å². The Balaban J connectivity index is 1.64. The largest absolute Gasteiger partial charge is 0.493 e. The molecule has 0 bridgehead atoms. The molecule has 1 N–H and O–H groups in total. The first-order valence-corrected chi connectivity index (χ1v) is 9.69. The third-order valence-corrected chi connectivity index (χ3v) is 5.96. The zero-order chi connectivity index (χ0) is 19.8. The van der Waals surface area contributed by atoms with E-state index in [0.717, 1.165) is 12.1 Å². The molecule has 0 aromatic heterocycles. The number of alkyl halides is 4. The van der Waals surface area contributed by atoms with Gasteiger partial charge in [0.2, 0.25) is 0 Å². The zero-order valence-electron chi connectivity index (χ0n) is 14.4. The Hall–Kier alpha value is -1.71. The summed E-state index contributed by atoms with van der Waals surface area (Å²) in [4.78, 5) is 11.1. The Morgan fingerprint density at radius 1 is 1.37 bits per heavy atom. The van der Waals surface area contributed by atoms with Gasteiger partial charge in [-0.25, -0.2) is 0 Å². The summed E-state index contributed by atoms with van der Waals surface area (Å²) in [6.07, 6.45) is -0.492. The van der Waals surface area contributed by atoms with Gasteiger partial charge in [-0.15, -0.1) is 0 Å². The van der Waals surface area contributed by atoms with Crippen LogP contribution in [0.15, 0.2) is 47.9 Å². The summed E-state index contributed by atoms with van der Waals surface area (Å²) in [6, 6.07) is 5.05. The van der Waals surface area contributed by atoms with Crippen molar-refractivity contribution in [3.05, 3.63) is 59.1 Å². The van der Waals surface area contributed by atoms with E-state index in [9.17, 15) is 18.0 Å². The quantitative estimate of drug-likeness (QED) is 0.434. The highest BCUT2D eigenvalue weighted by Gasteiger charge is 2.56. The summed E-state index contributed by atoms with van der Waals surface area (Å²) < 4.78 is 50.1.